The van der Waals surface area contributed by atoms with Gasteiger partial charge in [0.15, 0.2) is 0 Å². The van der Waals surface area contributed by atoms with Gasteiger partial charge < -0.3 is 0 Å². The van der Waals surface area contributed by atoms with E-state index < -0.39 is 5.54 Å². The number of nitrogens with zero attached hydrogens (tertiary/aromatic N) is 5. The lowest BCUT2D eigenvalue weighted by Crippen LogP contribution is -2.41. The van der Waals surface area contributed by atoms with Crippen LogP contribution in [0.25, 0.3) is 0 Å². The van der Waals surface area contributed by atoms with Crippen LogP contribution in [-0.4, -0.2) is 38.0 Å². The molecule has 0 amide bonds. The summed E-state index contributed by atoms with van der Waals surface area (Å²) < 4.78 is 1.67. The largest absolute Gasteiger partial charge is 0.300 e. The fraction of sp³-hybridized carbons (Fsp3) is 0.833. The number of aromatic nitrogens is 4. The first kappa shape index (κ1) is 15.9. The second kappa shape index (κ2) is 8.12. The predicted molar refractivity (Wildman–Crippen MR) is 75.7 cm³/mol. The van der Waals surface area contributed by atoms with Gasteiger partial charge in [0.05, 0.1) is 6.07 Å². The van der Waals surface area contributed by atoms with Crippen molar-refractivity contribution in [3.05, 3.63) is 0 Å². The summed E-state index contributed by atoms with van der Waals surface area (Å²) >= 11 is 1.65. The van der Waals surface area contributed by atoms with E-state index >= 15 is 0 Å². The maximum absolute atomic E-state index is 9.21. The molecule has 1 heterocycles. The van der Waals surface area contributed by atoms with Gasteiger partial charge in [0.1, 0.15) is 5.54 Å². The maximum Gasteiger partial charge on any atom is 0.209 e. The number of tetrazole rings is 1. The Morgan fingerprint density at radius 1 is 1.47 bits per heavy atom. The number of rotatable bonds is 9. The molecule has 0 saturated carbocycles. The highest BCUT2D eigenvalue weighted by Gasteiger charge is 2.21. The van der Waals surface area contributed by atoms with Gasteiger partial charge in [-0.3, -0.25) is 5.32 Å². The lowest BCUT2D eigenvalue weighted by Gasteiger charge is -2.22. The van der Waals surface area contributed by atoms with E-state index in [1.54, 1.807) is 16.4 Å². The van der Waals surface area contributed by atoms with Gasteiger partial charge in [-0.15, -0.1) is 5.10 Å². The minimum atomic E-state index is -0.396. The van der Waals surface area contributed by atoms with Crippen molar-refractivity contribution >= 4 is 11.8 Å². The summed E-state index contributed by atoms with van der Waals surface area (Å²) in [7, 11) is 1.84. The first-order chi connectivity index (χ1) is 9.11. The summed E-state index contributed by atoms with van der Waals surface area (Å²) in [5.41, 5.74) is -0.396. The van der Waals surface area contributed by atoms with Crippen LogP contribution in [0.3, 0.4) is 0 Å². The summed E-state index contributed by atoms with van der Waals surface area (Å²) in [6.45, 7) is 4.97. The second-order valence-electron chi connectivity index (χ2n) is 4.76. The van der Waals surface area contributed by atoms with Gasteiger partial charge in [0, 0.05) is 12.8 Å². The minimum absolute atomic E-state index is 0.396. The number of hydrogen-bond donors (Lipinski definition) is 1. The zero-order valence-electron chi connectivity index (χ0n) is 11.9. The molecule has 1 aromatic rings. The number of hydrogen-bond acceptors (Lipinski definition) is 6. The maximum atomic E-state index is 9.21. The Hall–Kier alpha value is -1.13. The third kappa shape index (κ3) is 5.57. The number of aryl methyl sites for hydroxylation is 1. The minimum Gasteiger partial charge on any atom is -0.300 e. The van der Waals surface area contributed by atoms with Crippen molar-refractivity contribution in [3.63, 3.8) is 0 Å². The lowest BCUT2D eigenvalue weighted by atomic mass is 9.96. The zero-order chi connectivity index (χ0) is 14.1. The van der Waals surface area contributed by atoms with Crippen LogP contribution < -0.4 is 5.32 Å². The van der Waals surface area contributed by atoms with Gasteiger partial charge in [0.25, 0.3) is 0 Å². The van der Waals surface area contributed by atoms with Crippen molar-refractivity contribution in [1.29, 1.82) is 5.26 Å². The molecule has 0 aliphatic rings. The molecule has 0 aliphatic heterocycles. The highest BCUT2D eigenvalue weighted by molar-refractivity contribution is 7.99. The quantitative estimate of drug-likeness (QED) is 0.549. The molecule has 0 saturated heterocycles. The summed E-state index contributed by atoms with van der Waals surface area (Å²) in [5, 5.41) is 24.7. The first-order valence-electron chi connectivity index (χ1n) is 6.63. The van der Waals surface area contributed by atoms with Crippen LogP contribution in [0, 0.1) is 11.3 Å². The van der Waals surface area contributed by atoms with Gasteiger partial charge in [-0.1, -0.05) is 18.7 Å². The average Bonchev–Trinajstić information content (AvgIpc) is 2.82. The molecule has 19 heavy (non-hydrogen) atoms. The van der Waals surface area contributed by atoms with Gasteiger partial charge in [-0.05, 0) is 49.6 Å². The monoisotopic (exact) mass is 282 g/mol. The molecule has 0 bridgehead atoms. The van der Waals surface area contributed by atoms with Crippen molar-refractivity contribution in [2.45, 2.75) is 50.2 Å². The molecule has 6 nitrogen and oxygen atoms in total. The fourth-order valence-corrected chi connectivity index (χ4v) is 2.52. The van der Waals surface area contributed by atoms with Crippen molar-refractivity contribution in [3.8, 4) is 6.07 Å². The Kier molecular flexibility index (Phi) is 6.81. The van der Waals surface area contributed by atoms with E-state index in [0.29, 0.717) is 0 Å². The molecule has 7 heteroatoms. The number of thioether (sulfide) groups is 1. The van der Waals surface area contributed by atoms with Crippen LogP contribution in [0.4, 0.5) is 0 Å². The summed E-state index contributed by atoms with van der Waals surface area (Å²) in [4.78, 5) is 0. The van der Waals surface area contributed by atoms with Gasteiger partial charge in [0.2, 0.25) is 5.16 Å². The SMILES string of the molecule is CCCNC(C)(C#N)CCCCSc1nnnn1C. The Bertz CT molecular complexity index is 413. The molecule has 1 unspecified atom stereocenters. The average molecular weight is 282 g/mol. The number of nitrogens with one attached hydrogen (secondary N) is 1. The lowest BCUT2D eigenvalue weighted by molar-refractivity contribution is 0.406. The number of unbranched alkanes of at least 4 members (excludes halogenated alkanes) is 1. The molecule has 0 aliphatic carbocycles. The van der Waals surface area contributed by atoms with Crippen LogP contribution >= 0.6 is 11.8 Å². The summed E-state index contributed by atoms with van der Waals surface area (Å²) in [6, 6.07) is 2.37. The fourth-order valence-electron chi connectivity index (χ4n) is 1.67. The zero-order valence-corrected chi connectivity index (χ0v) is 12.7. The second-order valence-corrected chi connectivity index (χ2v) is 5.82. The molecule has 1 N–H and O–H groups in total. The van der Waals surface area contributed by atoms with Crippen LogP contribution in [0.5, 0.6) is 0 Å². The van der Waals surface area contributed by atoms with Crippen LogP contribution in [0.1, 0.15) is 39.5 Å². The van der Waals surface area contributed by atoms with E-state index in [1.165, 1.54) is 0 Å². The van der Waals surface area contributed by atoms with Crippen LogP contribution in [0.2, 0.25) is 0 Å². The van der Waals surface area contributed by atoms with Crippen LogP contribution in [0.15, 0.2) is 5.16 Å². The number of nitriles is 1. The van der Waals surface area contributed by atoms with Gasteiger partial charge in [-0.2, -0.15) is 5.26 Å². The molecule has 106 valence electrons. The van der Waals surface area contributed by atoms with Crippen molar-refractivity contribution in [2.75, 3.05) is 12.3 Å². The molecule has 1 aromatic heterocycles. The smallest absolute Gasteiger partial charge is 0.209 e. The topological polar surface area (TPSA) is 79.4 Å². The molecule has 0 fully saturated rings. The standard InChI is InChI=1S/C12H22N6S/c1-4-8-14-12(2,10-13)7-5-6-9-19-11-15-16-17-18(11)3/h14H,4-9H2,1-3H3. The van der Waals surface area contributed by atoms with Crippen molar-refractivity contribution in [1.82, 2.24) is 25.5 Å². The van der Waals surface area contributed by atoms with Gasteiger partial charge >= 0.3 is 0 Å². The summed E-state index contributed by atoms with van der Waals surface area (Å²) in [6.07, 6.45) is 4.01. The highest BCUT2D eigenvalue weighted by Crippen LogP contribution is 2.18. The molecule has 1 rings (SSSR count). The van der Waals surface area contributed by atoms with E-state index in [2.05, 4.69) is 33.8 Å². The molecule has 0 spiro atoms. The third-order valence-electron chi connectivity index (χ3n) is 2.90. The predicted octanol–water partition coefficient (Wildman–Crippen LogP) is 1.75. The van der Waals surface area contributed by atoms with Crippen molar-refractivity contribution in [2.24, 2.45) is 7.05 Å². The third-order valence-corrected chi connectivity index (χ3v) is 3.99. The Morgan fingerprint density at radius 2 is 2.26 bits per heavy atom. The summed E-state index contributed by atoms with van der Waals surface area (Å²) in [5.74, 6) is 0.976. The molecular formula is C12H22N6S. The van der Waals surface area contributed by atoms with E-state index in [0.717, 1.165) is 43.1 Å². The van der Waals surface area contributed by atoms with E-state index in [4.69, 9.17) is 0 Å². The van der Waals surface area contributed by atoms with Crippen LogP contribution in [-0.2, 0) is 7.05 Å². The highest BCUT2D eigenvalue weighted by atomic mass is 32.2. The van der Waals surface area contributed by atoms with Gasteiger partial charge in [-0.25, -0.2) is 4.68 Å². The molecular weight excluding hydrogens is 260 g/mol. The van der Waals surface area contributed by atoms with E-state index in [-0.39, 0.29) is 0 Å². The molecule has 0 radical (unpaired) electrons. The molecule has 0 aromatic carbocycles. The van der Waals surface area contributed by atoms with E-state index in [9.17, 15) is 5.26 Å². The normalized spacial score (nSPS) is 14.0. The Labute approximate surface area is 118 Å². The first-order valence-corrected chi connectivity index (χ1v) is 7.61. The Balaban J connectivity index is 2.19. The Morgan fingerprint density at radius 3 is 2.84 bits per heavy atom. The molecule has 1 atom stereocenters. The van der Waals surface area contributed by atoms with Crippen molar-refractivity contribution < 1.29 is 0 Å². The van der Waals surface area contributed by atoms with E-state index in [1.807, 2.05) is 14.0 Å².